The molecule has 0 spiro atoms. The first-order chi connectivity index (χ1) is 12.6. The topological polar surface area (TPSA) is 105 Å². The fraction of sp³-hybridized carbons (Fsp3) is 0.556. The maximum absolute atomic E-state index is 12.2. The number of hydrogen-bond donors (Lipinski definition) is 1. The van der Waals surface area contributed by atoms with Crippen LogP contribution in [0.15, 0.2) is 24.3 Å². The van der Waals surface area contributed by atoms with Gasteiger partial charge < -0.3 is 15.0 Å². The highest BCUT2D eigenvalue weighted by Gasteiger charge is 2.25. The van der Waals surface area contributed by atoms with Crippen molar-refractivity contribution in [1.29, 1.82) is 0 Å². The van der Waals surface area contributed by atoms with Crippen molar-refractivity contribution in [3.8, 4) is 0 Å². The second-order valence-corrected chi connectivity index (χ2v) is 7.45. The number of amides is 2. The molecule has 1 aromatic rings. The number of anilines is 1. The van der Waals surface area contributed by atoms with Gasteiger partial charge in [0.05, 0.1) is 11.5 Å². The van der Waals surface area contributed by atoms with Crippen LogP contribution in [-0.4, -0.2) is 65.0 Å². The van der Waals surface area contributed by atoms with Gasteiger partial charge in [0.1, 0.15) is 5.60 Å². The van der Waals surface area contributed by atoms with Crippen LogP contribution in [0.1, 0.15) is 27.2 Å². The summed E-state index contributed by atoms with van der Waals surface area (Å²) >= 11 is 0. The fourth-order valence-electron chi connectivity index (χ4n) is 2.74. The van der Waals surface area contributed by atoms with Crippen LogP contribution in [0.4, 0.5) is 16.2 Å². The van der Waals surface area contributed by atoms with E-state index in [0.29, 0.717) is 31.9 Å². The number of rotatable bonds is 4. The molecule has 1 aromatic carbocycles. The molecule has 0 bridgehead atoms. The van der Waals surface area contributed by atoms with Crippen molar-refractivity contribution in [1.82, 2.24) is 9.80 Å². The van der Waals surface area contributed by atoms with Gasteiger partial charge in [0.15, 0.2) is 0 Å². The van der Waals surface area contributed by atoms with Gasteiger partial charge in [-0.2, -0.15) is 0 Å². The van der Waals surface area contributed by atoms with Crippen LogP contribution in [0.5, 0.6) is 0 Å². The van der Waals surface area contributed by atoms with Crippen molar-refractivity contribution in [2.24, 2.45) is 0 Å². The Morgan fingerprint density at radius 3 is 2.63 bits per heavy atom. The summed E-state index contributed by atoms with van der Waals surface area (Å²) in [5, 5.41) is 13.5. The molecular formula is C18H26N4O5. The van der Waals surface area contributed by atoms with Gasteiger partial charge in [0.25, 0.3) is 5.69 Å². The first-order valence-electron chi connectivity index (χ1n) is 8.88. The summed E-state index contributed by atoms with van der Waals surface area (Å²) in [6.07, 6.45) is 0.397. The lowest BCUT2D eigenvalue weighted by atomic mass is 10.2. The Hall–Kier alpha value is -2.68. The Kier molecular flexibility index (Phi) is 6.73. The zero-order valence-corrected chi connectivity index (χ0v) is 15.9. The maximum Gasteiger partial charge on any atom is 0.410 e. The molecule has 0 aromatic heterocycles. The lowest BCUT2D eigenvalue weighted by Gasteiger charge is -2.26. The summed E-state index contributed by atoms with van der Waals surface area (Å²) < 4.78 is 5.39. The number of ether oxygens (including phenoxy) is 1. The summed E-state index contributed by atoms with van der Waals surface area (Å²) in [5.41, 5.74) is -0.226. The molecular weight excluding hydrogens is 352 g/mol. The summed E-state index contributed by atoms with van der Waals surface area (Å²) in [7, 11) is 0. The number of nitrogens with one attached hydrogen (secondary N) is 1. The molecule has 27 heavy (non-hydrogen) atoms. The highest BCUT2D eigenvalue weighted by molar-refractivity contribution is 5.92. The Labute approximate surface area is 158 Å². The fourth-order valence-corrected chi connectivity index (χ4v) is 2.74. The first-order valence-corrected chi connectivity index (χ1v) is 8.88. The molecule has 148 valence electrons. The molecule has 2 rings (SSSR count). The van der Waals surface area contributed by atoms with Crippen molar-refractivity contribution in [2.75, 3.05) is 38.0 Å². The van der Waals surface area contributed by atoms with E-state index in [1.165, 1.54) is 18.2 Å². The number of nitro groups is 1. The molecule has 1 aliphatic heterocycles. The van der Waals surface area contributed by atoms with E-state index in [2.05, 4.69) is 5.32 Å². The highest BCUT2D eigenvalue weighted by atomic mass is 16.6. The van der Waals surface area contributed by atoms with Crippen LogP contribution in [-0.2, 0) is 9.53 Å². The van der Waals surface area contributed by atoms with Crippen molar-refractivity contribution in [3.05, 3.63) is 34.4 Å². The molecule has 0 radical (unpaired) electrons. The van der Waals surface area contributed by atoms with E-state index in [1.807, 2.05) is 25.7 Å². The lowest BCUT2D eigenvalue weighted by molar-refractivity contribution is -0.384. The summed E-state index contributed by atoms with van der Waals surface area (Å²) in [4.78, 5) is 38.3. The number of nitro benzene ring substituents is 1. The van der Waals surface area contributed by atoms with E-state index in [4.69, 9.17) is 4.74 Å². The van der Waals surface area contributed by atoms with Crippen LogP contribution in [0.3, 0.4) is 0 Å². The van der Waals surface area contributed by atoms with E-state index in [1.54, 1.807) is 11.0 Å². The van der Waals surface area contributed by atoms with Crippen LogP contribution in [0.25, 0.3) is 0 Å². The molecule has 1 saturated heterocycles. The number of hydrogen-bond acceptors (Lipinski definition) is 6. The standard InChI is InChI=1S/C18H26N4O5/c1-18(2,3)27-17(24)21-9-5-8-20(10-11-21)13-16(23)19-14-6-4-7-15(12-14)22(25)26/h4,6-7,12H,5,8-11,13H2,1-3H3,(H,19,23). The minimum Gasteiger partial charge on any atom is -0.444 e. The van der Waals surface area contributed by atoms with Crippen LogP contribution < -0.4 is 5.32 Å². The normalized spacial score (nSPS) is 15.7. The van der Waals surface area contributed by atoms with Crippen LogP contribution >= 0.6 is 0 Å². The van der Waals surface area contributed by atoms with Gasteiger partial charge >= 0.3 is 6.09 Å². The van der Waals surface area contributed by atoms with Gasteiger partial charge in [0.2, 0.25) is 5.91 Å². The number of carbonyl (C=O) groups excluding carboxylic acids is 2. The molecule has 9 nitrogen and oxygen atoms in total. The number of non-ortho nitro benzene ring substituents is 1. The summed E-state index contributed by atoms with van der Waals surface area (Å²) in [6.45, 7) is 7.94. The van der Waals surface area contributed by atoms with Gasteiger partial charge in [-0.1, -0.05) is 6.07 Å². The van der Waals surface area contributed by atoms with Crippen molar-refractivity contribution >= 4 is 23.4 Å². The zero-order chi connectivity index (χ0) is 20.0. The van der Waals surface area contributed by atoms with Crippen molar-refractivity contribution in [3.63, 3.8) is 0 Å². The molecule has 9 heteroatoms. The predicted molar refractivity (Wildman–Crippen MR) is 101 cm³/mol. The first kappa shape index (κ1) is 20.6. The molecule has 0 unspecified atom stereocenters. The van der Waals surface area contributed by atoms with Crippen LogP contribution in [0, 0.1) is 10.1 Å². The van der Waals surface area contributed by atoms with Gasteiger partial charge in [-0.15, -0.1) is 0 Å². The average Bonchev–Trinajstić information content (AvgIpc) is 2.79. The monoisotopic (exact) mass is 378 g/mol. The second-order valence-electron chi connectivity index (χ2n) is 7.45. The maximum atomic E-state index is 12.2. The quantitative estimate of drug-likeness (QED) is 0.637. The van der Waals surface area contributed by atoms with Gasteiger partial charge in [-0.3, -0.25) is 19.8 Å². The molecule has 0 aliphatic carbocycles. The number of benzene rings is 1. The van der Waals surface area contributed by atoms with Crippen molar-refractivity contribution in [2.45, 2.75) is 32.8 Å². The van der Waals surface area contributed by atoms with Crippen LogP contribution in [0.2, 0.25) is 0 Å². The third-order valence-electron chi connectivity index (χ3n) is 3.95. The smallest absolute Gasteiger partial charge is 0.410 e. The molecule has 1 heterocycles. The minimum atomic E-state index is -0.540. The van der Waals surface area contributed by atoms with E-state index in [-0.39, 0.29) is 24.2 Å². The Balaban J connectivity index is 1.85. The average molecular weight is 378 g/mol. The van der Waals surface area contributed by atoms with E-state index in [9.17, 15) is 19.7 Å². The molecule has 0 saturated carbocycles. The minimum absolute atomic E-state index is 0.0735. The number of carbonyl (C=O) groups is 2. The van der Waals surface area contributed by atoms with Gasteiger partial charge in [-0.05, 0) is 33.3 Å². The van der Waals surface area contributed by atoms with Gasteiger partial charge in [0, 0.05) is 44.0 Å². The largest absolute Gasteiger partial charge is 0.444 e. The predicted octanol–water partition coefficient (Wildman–Crippen LogP) is 2.48. The summed E-state index contributed by atoms with van der Waals surface area (Å²) in [5.74, 6) is -0.249. The molecule has 1 N–H and O–H groups in total. The Morgan fingerprint density at radius 1 is 1.22 bits per heavy atom. The highest BCUT2D eigenvalue weighted by Crippen LogP contribution is 2.17. The van der Waals surface area contributed by atoms with E-state index >= 15 is 0 Å². The third kappa shape index (κ3) is 6.86. The molecule has 0 atom stereocenters. The SMILES string of the molecule is CC(C)(C)OC(=O)N1CCCN(CC(=O)Nc2cccc([N+](=O)[O-])c2)CC1. The molecule has 2 amide bonds. The summed E-state index contributed by atoms with van der Waals surface area (Å²) in [6, 6.07) is 5.83. The molecule has 1 aliphatic rings. The molecule has 1 fully saturated rings. The van der Waals surface area contributed by atoms with Gasteiger partial charge in [-0.25, -0.2) is 4.79 Å². The number of nitrogens with zero attached hydrogens (tertiary/aromatic N) is 3. The Bertz CT molecular complexity index is 701. The third-order valence-corrected chi connectivity index (χ3v) is 3.95. The Morgan fingerprint density at radius 2 is 1.96 bits per heavy atom. The zero-order valence-electron chi connectivity index (χ0n) is 15.9. The lowest BCUT2D eigenvalue weighted by Crippen LogP contribution is -2.40. The van der Waals surface area contributed by atoms with E-state index < -0.39 is 10.5 Å². The van der Waals surface area contributed by atoms with E-state index in [0.717, 1.165) is 6.42 Å². The van der Waals surface area contributed by atoms with Crippen molar-refractivity contribution < 1.29 is 19.2 Å². The second kappa shape index (κ2) is 8.81.